The molecule has 0 aliphatic carbocycles. The minimum absolute atomic E-state index is 0.991. The summed E-state index contributed by atoms with van der Waals surface area (Å²) >= 11 is 1.80. The van der Waals surface area contributed by atoms with Gasteiger partial charge in [0.1, 0.15) is 0 Å². The van der Waals surface area contributed by atoms with Crippen LogP contribution in [0, 0.1) is 0 Å². The van der Waals surface area contributed by atoms with E-state index in [9.17, 15) is 0 Å². The summed E-state index contributed by atoms with van der Waals surface area (Å²) in [7, 11) is 0. The first-order chi connectivity index (χ1) is 8.42. The lowest BCUT2D eigenvalue weighted by Crippen LogP contribution is -1.75. The molecule has 1 aromatic carbocycles. The molecular weight excluding hydrogens is 226 g/mol. The van der Waals surface area contributed by atoms with Crippen molar-refractivity contribution >= 4 is 33.6 Å². The maximum Gasteiger partial charge on any atom is 0.0630 e. The highest BCUT2D eigenvalue weighted by atomic mass is 32.1. The Kier molecular flexibility index (Phi) is 2.72. The summed E-state index contributed by atoms with van der Waals surface area (Å²) in [5.41, 5.74) is 0.991. The monoisotopic (exact) mass is 237 g/mol. The molecule has 3 aromatic rings. The highest BCUT2D eigenvalue weighted by Crippen LogP contribution is 2.26. The summed E-state index contributed by atoms with van der Waals surface area (Å²) in [5.74, 6) is 0. The van der Waals surface area contributed by atoms with Gasteiger partial charge in [0.2, 0.25) is 0 Å². The topological polar surface area (TPSA) is 12.9 Å². The van der Waals surface area contributed by atoms with Gasteiger partial charge in [0.25, 0.3) is 0 Å². The number of benzene rings is 1. The van der Waals surface area contributed by atoms with Gasteiger partial charge in [-0.25, -0.2) is 0 Å². The van der Waals surface area contributed by atoms with Crippen LogP contribution in [0.25, 0.3) is 22.2 Å². The summed E-state index contributed by atoms with van der Waals surface area (Å²) in [4.78, 5) is 5.53. The molecule has 2 aromatic heterocycles. The predicted octanol–water partition coefficient (Wildman–Crippen LogP) is 4.47. The second-order valence-electron chi connectivity index (χ2n) is 3.77. The van der Waals surface area contributed by atoms with Crippen LogP contribution in [0.5, 0.6) is 0 Å². The van der Waals surface area contributed by atoms with Crippen molar-refractivity contribution in [1.29, 1.82) is 0 Å². The van der Waals surface area contributed by atoms with Crippen molar-refractivity contribution < 1.29 is 0 Å². The number of fused-ring (bicyclic) bond motifs is 1. The van der Waals surface area contributed by atoms with Crippen LogP contribution in [0.15, 0.2) is 54.7 Å². The smallest absolute Gasteiger partial charge is 0.0630 e. The van der Waals surface area contributed by atoms with E-state index in [1.807, 2.05) is 30.5 Å². The average Bonchev–Trinajstić information content (AvgIpc) is 2.80. The molecule has 3 rings (SSSR count). The lowest BCUT2D eigenvalue weighted by Gasteiger charge is -1.88. The van der Waals surface area contributed by atoms with Crippen LogP contribution in [0.2, 0.25) is 0 Å². The predicted molar refractivity (Wildman–Crippen MR) is 75.0 cm³/mol. The molecule has 0 amide bonds. The Balaban J connectivity index is 1.92. The quantitative estimate of drug-likeness (QED) is 0.641. The third-order valence-electron chi connectivity index (χ3n) is 2.55. The third kappa shape index (κ3) is 2.27. The van der Waals surface area contributed by atoms with Gasteiger partial charge >= 0.3 is 0 Å². The zero-order valence-electron chi connectivity index (χ0n) is 9.21. The van der Waals surface area contributed by atoms with Gasteiger partial charge in [-0.05, 0) is 41.8 Å². The molecule has 2 heterocycles. The lowest BCUT2D eigenvalue weighted by atomic mass is 10.2. The van der Waals surface area contributed by atoms with E-state index in [2.05, 4.69) is 41.4 Å². The molecule has 0 radical (unpaired) electrons. The minimum atomic E-state index is 0.991. The van der Waals surface area contributed by atoms with Gasteiger partial charge in [0.05, 0.1) is 5.69 Å². The van der Waals surface area contributed by atoms with Gasteiger partial charge in [-0.2, -0.15) is 0 Å². The molecule has 0 atom stereocenters. The van der Waals surface area contributed by atoms with Gasteiger partial charge in [0, 0.05) is 15.8 Å². The SMILES string of the molecule is C(=Cc1cc2ccccc2s1)c1ccccn1. The standard InChI is InChI=1S/C15H11NS/c1-2-7-15-12(5-1)11-14(17-15)9-8-13-6-3-4-10-16-13/h1-11H. The number of hydrogen-bond acceptors (Lipinski definition) is 2. The average molecular weight is 237 g/mol. The maximum atomic E-state index is 4.27. The zero-order chi connectivity index (χ0) is 11.5. The Bertz CT molecular complexity index is 620. The molecule has 17 heavy (non-hydrogen) atoms. The molecule has 0 spiro atoms. The van der Waals surface area contributed by atoms with E-state index < -0.39 is 0 Å². The van der Waals surface area contributed by atoms with E-state index in [0.29, 0.717) is 0 Å². The second kappa shape index (κ2) is 4.52. The van der Waals surface area contributed by atoms with Crippen LogP contribution in [-0.4, -0.2) is 4.98 Å². The number of rotatable bonds is 2. The van der Waals surface area contributed by atoms with Gasteiger partial charge in [-0.1, -0.05) is 24.3 Å². The van der Waals surface area contributed by atoms with Crippen molar-refractivity contribution in [2.24, 2.45) is 0 Å². The first-order valence-corrected chi connectivity index (χ1v) is 6.31. The summed E-state index contributed by atoms with van der Waals surface area (Å²) < 4.78 is 1.33. The Hall–Kier alpha value is -1.93. The van der Waals surface area contributed by atoms with Crippen molar-refractivity contribution in [3.05, 3.63) is 65.3 Å². The molecule has 0 N–H and O–H groups in total. The van der Waals surface area contributed by atoms with E-state index in [1.165, 1.54) is 15.0 Å². The summed E-state index contributed by atoms with van der Waals surface area (Å²) in [5, 5.41) is 1.30. The van der Waals surface area contributed by atoms with Gasteiger partial charge in [0.15, 0.2) is 0 Å². The molecular formula is C15H11NS. The molecule has 0 bridgehead atoms. The van der Waals surface area contributed by atoms with Crippen molar-refractivity contribution in [2.75, 3.05) is 0 Å². The van der Waals surface area contributed by atoms with Crippen LogP contribution in [0.1, 0.15) is 10.6 Å². The number of aromatic nitrogens is 1. The van der Waals surface area contributed by atoms with E-state index in [0.717, 1.165) is 5.69 Å². The Labute approximate surface area is 104 Å². The number of hydrogen-bond donors (Lipinski definition) is 0. The highest BCUT2D eigenvalue weighted by Gasteiger charge is 1.97. The summed E-state index contributed by atoms with van der Waals surface area (Å²) in [6, 6.07) is 16.6. The van der Waals surface area contributed by atoms with E-state index >= 15 is 0 Å². The molecule has 0 saturated carbocycles. The lowest BCUT2D eigenvalue weighted by molar-refractivity contribution is 1.30. The second-order valence-corrected chi connectivity index (χ2v) is 4.89. The fourth-order valence-electron chi connectivity index (χ4n) is 1.73. The van der Waals surface area contributed by atoms with Gasteiger partial charge in [-0.15, -0.1) is 11.3 Å². The first-order valence-electron chi connectivity index (χ1n) is 5.49. The maximum absolute atomic E-state index is 4.27. The molecule has 0 aliphatic rings. The molecule has 0 unspecified atom stereocenters. The van der Waals surface area contributed by atoms with E-state index in [-0.39, 0.29) is 0 Å². The fourth-order valence-corrected chi connectivity index (χ4v) is 2.69. The number of thiophene rings is 1. The highest BCUT2D eigenvalue weighted by molar-refractivity contribution is 7.19. The van der Waals surface area contributed by atoms with Crippen LogP contribution < -0.4 is 0 Å². The molecule has 2 heteroatoms. The minimum Gasteiger partial charge on any atom is -0.257 e. The van der Waals surface area contributed by atoms with E-state index in [1.54, 1.807) is 11.3 Å². The Morgan fingerprint density at radius 2 is 1.82 bits per heavy atom. The first kappa shape index (κ1) is 10.2. The molecule has 82 valence electrons. The van der Waals surface area contributed by atoms with Crippen LogP contribution in [0.4, 0.5) is 0 Å². The molecule has 0 aliphatic heterocycles. The Morgan fingerprint density at radius 1 is 0.941 bits per heavy atom. The normalized spacial score (nSPS) is 11.3. The summed E-state index contributed by atoms with van der Waals surface area (Å²) in [6.45, 7) is 0. The molecule has 0 saturated heterocycles. The number of nitrogens with zero attached hydrogens (tertiary/aromatic N) is 1. The zero-order valence-corrected chi connectivity index (χ0v) is 10.0. The van der Waals surface area contributed by atoms with Crippen LogP contribution in [0.3, 0.4) is 0 Å². The van der Waals surface area contributed by atoms with Crippen molar-refractivity contribution in [3.63, 3.8) is 0 Å². The summed E-state index contributed by atoms with van der Waals surface area (Å²) in [6.07, 6.45) is 5.97. The van der Waals surface area contributed by atoms with Gasteiger partial charge < -0.3 is 0 Å². The van der Waals surface area contributed by atoms with Crippen LogP contribution in [-0.2, 0) is 0 Å². The van der Waals surface area contributed by atoms with Crippen molar-refractivity contribution in [1.82, 2.24) is 4.98 Å². The van der Waals surface area contributed by atoms with Gasteiger partial charge in [-0.3, -0.25) is 4.98 Å². The number of pyridine rings is 1. The fraction of sp³-hybridized carbons (Fsp3) is 0. The van der Waals surface area contributed by atoms with Crippen molar-refractivity contribution in [3.8, 4) is 0 Å². The molecule has 0 fully saturated rings. The van der Waals surface area contributed by atoms with Crippen molar-refractivity contribution in [2.45, 2.75) is 0 Å². The third-order valence-corrected chi connectivity index (χ3v) is 3.63. The largest absolute Gasteiger partial charge is 0.257 e. The van der Waals surface area contributed by atoms with Crippen LogP contribution >= 0.6 is 11.3 Å². The van der Waals surface area contributed by atoms with E-state index in [4.69, 9.17) is 0 Å². The molecule has 1 nitrogen and oxygen atoms in total. The Morgan fingerprint density at radius 3 is 2.65 bits per heavy atom.